The Labute approximate surface area is 167 Å². The fourth-order valence-electron chi connectivity index (χ4n) is 3.20. The summed E-state index contributed by atoms with van der Waals surface area (Å²) in [7, 11) is 0. The Morgan fingerprint density at radius 3 is 1.86 bits per heavy atom. The van der Waals surface area contributed by atoms with Gasteiger partial charge in [0, 0.05) is 12.1 Å². The predicted molar refractivity (Wildman–Crippen MR) is 108 cm³/mol. The number of carbonyl (C=O) groups excluding carboxylic acids is 1. The molecule has 0 aliphatic carbocycles. The van der Waals surface area contributed by atoms with Gasteiger partial charge in [0.15, 0.2) is 0 Å². The summed E-state index contributed by atoms with van der Waals surface area (Å²) < 4.78 is 37.9. The highest BCUT2D eigenvalue weighted by Crippen LogP contribution is 2.34. The van der Waals surface area contributed by atoms with E-state index in [0.717, 1.165) is 37.5 Å². The SMILES string of the molecule is CCCCCCCCCCCCCCNC(=O)c1ccc(C(F)(F)F)c([NH])c1. The topological polar surface area (TPSA) is 52.9 Å². The van der Waals surface area contributed by atoms with Gasteiger partial charge in [-0.2, -0.15) is 13.2 Å². The van der Waals surface area contributed by atoms with Crippen molar-refractivity contribution in [3.8, 4) is 0 Å². The Morgan fingerprint density at radius 1 is 0.893 bits per heavy atom. The summed E-state index contributed by atoms with van der Waals surface area (Å²) in [5, 5.41) is 2.72. The molecular weight excluding hydrogens is 365 g/mol. The highest BCUT2D eigenvalue weighted by molar-refractivity contribution is 5.95. The molecule has 0 saturated carbocycles. The Bertz CT molecular complexity index is 573. The van der Waals surface area contributed by atoms with Crippen LogP contribution in [0.2, 0.25) is 0 Å². The van der Waals surface area contributed by atoms with E-state index in [-0.39, 0.29) is 5.56 Å². The van der Waals surface area contributed by atoms with Crippen molar-refractivity contribution < 1.29 is 18.0 Å². The van der Waals surface area contributed by atoms with Gasteiger partial charge in [-0.3, -0.25) is 4.79 Å². The van der Waals surface area contributed by atoms with E-state index in [2.05, 4.69) is 12.2 Å². The van der Waals surface area contributed by atoms with E-state index < -0.39 is 23.3 Å². The van der Waals surface area contributed by atoms with Crippen LogP contribution >= 0.6 is 0 Å². The maximum absolute atomic E-state index is 12.6. The van der Waals surface area contributed by atoms with Crippen molar-refractivity contribution in [1.82, 2.24) is 11.1 Å². The average Bonchev–Trinajstić information content (AvgIpc) is 2.64. The van der Waals surface area contributed by atoms with Gasteiger partial charge in [0.2, 0.25) is 0 Å². The minimum atomic E-state index is -4.57. The largest absolute Gasteiger partial charge is 0.418 e. The van der Waals surface area contributed by atoms with Crippen LogP contribution in [0.4, 0.5) is 18.9 Å². The molecule has 6 heteroatoms. The number of halogens is 3. The van der Waals surface area contributed by atoms with Crippen LogP contribution in [-0.4, -0.2) is 12.5 Å². The number of nitrogens with one attached hydrogen (secondary N) is 2. The van der Waals surface area contributed by atoms with Crippen molar-refractivity contribution >= 4 is 11.6 Å². The molecule has 1 rings (SSSR count). The number of hydrogen-bond donors (Lipinski definition) is 1. The van der Waals surface area contributed by atoms with Crippen molar-refractivity contribution in [2.24, 2.45) is 0 Å². The van der Waals surface area contributed by atoms with Crippen LogP contribution in [-0.2, 0) is 6.18 Å². The second-order valence-electron chi connectivity index (χ2n) is 7.40. The van der Waals surface area contributed by atoms with E-state index in [1.807, 2.05) is 0 Å². The molecular formula is C22H34F3N2O. The first kappa shape index (κ1) is 24.3. The molecule has 0 fully saturated rings. The first-order valence-corrected chi connectivity index (χ1v) is 10.6. The molecule has 1 aromatic rings. The molecule has 28 heavy (non-hydrogen) atoms. The third-order valence-corrected chi connectivity index (χ3v) is 4.90. The van der Waals surface area contributed by atoms with Crippen molar-refractivity contribution in [1.29, 1.82) is 0 Å². The first-order chi connectivity index (χ1) is 13.4. The summed E-state index contributed by atoms with van der Waals surface area (Å²) in [6.45, 7) is 2.73. The summed E-state index contributed by atoms with van der Waals surface area (Å²) in [6.07, 6.45) is 10.3. The molecule has 0 spiro atoms. The average molecular weight is 400 g/mol. The standard InChI is InChI=1S/C22H34F3N2O/c1-2-3-4-5-6-7-8-9-10-11-12-13-16-27-21(28)18-14-15-19(20(26)17-18)22(23,24)25/h14-15,17,26H,2-13,16H2,1H3,(H,27,28). The lowest BCUT2D eigenvalue weighted by Gasteiger charge is -2.11. The van der Waals surface area contributed by atoms with Crippen LogP contribution in [0, 0.1) is 0 Å². The lowest BCUT2D eigenvalue weighted by molar-refractivity contribution is -0.137. The highest BCUT2D eigenvalue weighted by atomic mass is 19.4. The quantitative estimate of drug-likeness (QED) is 0.335. The molecule has 0 aromatic heterocycles. The van der Waals surface area contributed by atoms with Gasteiger partial charge in [-0.15, -0.1) is 0 Å². The van der Waals surface area contributed by atoms with E-state index in [1.165, 1.54) is 57.8 Å². The molecule has 1 aromatic carbocycles. The lowest BCUT2D eigenvalue weighted by Crippen LogP contribution is -2.24. The highest BCUT2D eigenvalue weighted by Gasteiger charge is 2.33. The Kier molecular flexibility index (Phi) is 11.7. The molecule has 0 aliphatic heterocycles. The van der Waals surface area contributed by atoms with Gasteiger partial charge in [-0.05, 0) is 24.6 Å². The fraction of sp³-hybridized carbons (Fsp3) is 0.682. The maximum Gasteiger partial charge on any atom is 0.418 e. The minimum Gasteiger partial charge on any atom is -0.352 e. The minimum absolute atomic E-state index is 0.0944. The molecule has 0 bridgehead atoms. The van der Waals surface area contributed by atoms with Gasteiger partial charge in [-0.25, -0.2) is 0 Å². The summed E-state index contributed by atoms with van der Waals surface area (Å²) in [5.41, 5.74) is 5.84. The summed E-state index contributed by atoms with van der Waals surface area (Å²) in [5.74, 6) is -0.426. The van der Waals surface area contributed by atoms with E-state index in [9.17, 15) is 18.0 Å². The molecule has 0 aliphatic rings. The number of unbranched alkanes of at least 4 members (excludes halogenated alkanes) is 11. The number of benzene rings is 1. The summed E-state index contributed by atoms with van der Waals surface area (Å²) in [4.78, 5) is 12.0. The van der Waals surface area contributed by atoms with Crippen LogP contribution < -0.4 is 11.1 Å². The number of alkyl halides is 3. The fourth-order valence-corrected chi connectivity index (χ4v) is 3.20. The summed E-state index contributed by atoms with van der Waals surface area (Å²) >= 11 is 0. The Balaban J connectivity index is 2.07. The van der Waals surface area contributed by atoms with Gasteiger partial charge in [0.25, 0.3) is 5.91 Å². The van der Waals surface area contributed by atoms with Crippen LogP contribution in [0.5, 0.6) is 0 Å². The van der Waals surface area contributed by atoms with Crippen LogP contribution in [0.1, 0.15) is 99.9 Å². The molecule has 0 unspecified atom stereocenters. The second kappa shape index (κ2) is 13.5. The van der Waals surface area contributed by atoms with Gasteiger partial charge in [-0.1, -0.05) is 77.6 Å². The van der Waals surface area contributed by atoms with E-state index in [0.29, 0.717) is 6.54 Å². The Hall–Kier alpha value is -1.72. The predicted octanol–water partition coefficient (Wildman–Crippen LogP) is 7.05. The third-order valence-electron chi connectivity index (χ3n) is 4.90. The molecule has 0 saturated heterocycles. The first-order valence-electron chi connectivity index (χ1n) is 10.6. The van der Waals surface area contributed by atoms with Gasteiger partial charge >= 0.3 is 6.18 Å². The zero-order chi connectivity index (χ0) is 20.8. The number of rotatable bonds is 14. The molecule has 1 amide bonds. The van der Waals surface area contributed by atoms with E-state index in [4.69, 9.17) is 5.73 Å². The molecule has 159 valence electrons. The van der Waals surface area contributed by atoms with Gasteiger partial charge in [0.1, 0.15) is 0 Å². The van der Waals surface area contributed by atoms with Crippen molar-refractivity contribution in [2.75, 3.05) is 6.54 Å². The van der Waals surface area contributed by atoms with Crippen molar-refractivity contribution in [3.05, 3.63) is 29.3 Å². The molecule has 2 N–H and O–H groups in total. The lowest BCUT2D eigenvalue weighted by atomic mass is 10.1. The smallest absolute Gasteiger partial charge is 0.352 e. The number of hydrogen-bond acceptors (Lipinski definition) is 1. The van der Waals surface area contributed by atoms with E-state index in [1.54, 1.807) is 0 Å². The molecule has 1 radical (unpaired) electrons. The van der Waals surface area contributed by atoms with Crippen LogP contribution in [0.3, 0.4) is 0 Å². The third kappa shape index (κ3) is 10.00. The molecule has 3 nitrogen and oxygen atoms in total. The second-order valence-corrected chi connectivity index (χ2v) is 7.40. The normalized spacial score (nSPS) is 11.6. The molecule has 0 heterocycles. The molecule has 0 atom stereocenters. The van der Waals surface area contributed by atoms with Crippen molar-refractivity contribution in [3.63, 3.8) is 0 Å². The zero-order valence-electron chi connectivity index (χ0n) is 17.0. The number of carbonyl (C=O) groups is 1. The summed E-state index contributed by atoms with van der Waals surface area (Å²) in [6, 6.07) is 2.89. The monoisotopic (exact) mass is 399 g/mol. The number of amides is 1. The maximum atomic E-state index is 12.6. The zero-order valence-corrected chi connectivity index (χ0v) is 17.0. The van der Waals surface area contributed by atoms with Crippen LogP contribution in [0.25, 0.3) is 0 Å². The van der Waals surface area contributed by atoms with Gasteiger partial charge in [0.05, 0.1) is 11.3 Å². The van der Waals surface area contributed by atoms with E-state index >= 15 is 0 Å². The Morgan fingerprint density at radius 2 is 1.39 bits per heavy atom. The van der Waals surface area contributed by atoms with Gasteiger partial charge < -0.3 is 11.1 Å². The van der Waals surface area contributed by atoms with Crippen LogP contribution in [0.15, 0.2) is 18.2 Å². The van der Waals surface area contributed by atoms with Crippen molar-refractivity contribution in [2.45, 2.75) is 90.1 Å².